The predicted octanol–water partition coefficient (Wildman–Crippen LogP) is 0.516. The Kier molecular flexibility index (Phi) is 3.53. The van der Waals surface area contributed by atoms with Crippen LogP contribution in [0.15, 0.2) is 41.4 Å². The van der Waals surface area contributed by atoms with Crippen LogP contribution in [0.25, 0.3) is 0 Å². The largest absolute Gasteiger partial charge is 0.467 e. The number of carbonyl (C=O) groups excluding carboxylic acids is 2. The molecule has 0 aliphatic carbocycles. The normalized spacial score (nSPS) is 21.7. The van der Waals surface area contributed by atoms with Gasteiger partial charge in [0.15, 0.2) is 6.04 Å². The lowest BCUT2D eigenvalue weighted by molar-refractivity contribution is -0.146. The molecule has 10 nitrogen and oxygen atoms in total. The number of hydrogen-bond acceptors (Lipinski definition) is 7. The lowest BCUT2D eigenvalue weighted by Crippen LogP contribution is -2.39. The third-order valence-electron chi connectivity index (χ3n) is 4.50. The van der Waals surface area contributed by atoms with Gasteiger partial charge in [0, 0.05) is 11.8 Å². The third-order valence-corrected chi connectivity index (χ3v) is 6.05. The monoisotopic (exact) mass is 378 g/mol. The van der Waals surface area contributed by atoms with E-state index in [4.69, 9.17) is 4.74 Å². The number of hydroxylamine groups is 2. The minimum absolute atomic E-state index is 0.0249. The van der Waals surface area contributed by atoms with Gasteiger partial charge in [0.05, 0.1) is 18.6 Å². The summed E-state index contributed by atoms with van der Waals surface area (Å²) in [5.41, 5.74) is 0.349. The van der Waals surface area contributed by atoms with Crippen LogP contribution in [0.3, 0.4) is 0 Å². The number of nitrogens with zero attached hydrogens (tertiary/aromatic N) is 4. The molecule has 1 aromatic carbocycles. The summed E-state index contributed by atoms with van der Waals surface area (Å²) in [6.07, 6.45) is 1.22. The van der Waals surface area contributed by atoms with E-state index < -0.39 is 34.1 Å². The quantitative estimate of drug-likeness (QED) is 0.610. The number of ether oxygens (including phenoxy) is 1. The zero-order valence-electron chi connectivity index (χ0n) is 13.5. The summed E-state index contributed by atoms with van der Waals surface area (Å²) in [5, 5.41) is 14.5. The van der Waals surface area contributed by atoms with E-state index in [1.54, 1.807) is 18.2 Å². The Morgan fingerprint density at radius 1 is 1.31 bits per heavy atom. The summed E-state index contributed by atoms with van der Waals surface area (Å²) < 4.78 is 31.0. The highest BCUT2D eigenvalue weighted by molar-refractivity contribution is 7.89. The molecule has 2 aliphatic heterocycles. The van der Waals surface area contributed by atoms with E-state index in [2.05, 4.69) is 5.10 Å². The number of esters is 1. The third kappa shape index (κ3) is 2.14. The standard InChI is InChI=1S/C15H14N4O6S/c1-25-14(20)13-12-10(11-8-17(13)15(21)19(11)22)7-18(16-12)26(23,24)9-5-3-2-4-6-9/h2-7,11,13,22H,8H2,1H3/t11-,13?/m1/s1. The molecule has 11 heteroatoms. The Morgan fingerprint density at radius 2 is 2.00 bits per heavy atom. The molecule has 1 aromatic heterocycles. The number of rotatable bonds is 3. The molecule has 136 valence electrons. The van der Waals surface area contributed by atoms with Crippen LogP contribution in [0, 0.1) is 0 Å². The SMILES string of the molecule is COC(=O)C1c2nn(S(=O)(=O)c3ccccc3)cc2[C@H]2CN1C(=O)N2O. The van der Waals surface area contributed by atoms with Crippen LogP contribution in [-0.2, 0) is 19.6 Å². The second kappa shape index (κ2) is 5.54. The van der Waals surface area contributed by atoms with E-state index in [9.17, 15) is 23.2 Å². The second-order valence-corrected chi connectivity index (χ2v) is 7.68. The molecule has 1 N–H and O–H groups in total. The van der Waals surface area contributed by atoms with Crippen molar-refractivity contribution < 1.29 is 28.0 Å². The number of aromatic nitrogens is 2. The molecular formula is C15H14N4O6S. The molecule has 1 saturated heterocycles. The van der Waals surface area contributed by atoms with Gasteiger partial charge in [-0.3, -0.25) is 5.21 Å². The number of urea groups is 1. The summed E-state index contributed by atoms with van der Waals surface area (Å²) in [4.78, 5) is 25.4. The van der Waals surface area contributed by atoms with Gasteiger partial charge in [-0.05, 0) is 12.1 Å². The van der Waals surface area contributed by atoms with E-state index in [0.29, 0.717) is 5.06 Å². The van der Waals surface area contributed by atoms with Crippen molar-refractivity contribution in [1.82, 2.24) is 19.1 Å². The molecule has 4 rings (SSSR count). The van der Waals surface area contributed by atoms with Crippen LogP contribution >= 0.6 is 0 Å². The van der Waals surface area contributed by atoms with Crippen LogP contribution in [0.1, 0.15) is 23.3 Å². The van der Waals surface area contributed by atoms with Crippen molar-refractivity contribution in [2.45, 2.75) is 17.0 Å². The first-order valence-electron chi connectivity index (χ1n) is 7.63. The van der Waals surface area contributed by atoms with E-state index in [1.807, 2.05) is 0 Å². The number of methoxy groups -OCH3 is 1. The summed E-state index contributed by atoms with van der Waals surface area (Å²) in [6.45, 7) is 0.0270. The average molecular weight is 378 g/mol. The van der Waals surface area contributed by atoms with Gasteiger partial charge in [-0.15, -0.1) is 0 Å². The van der Waals surface area contributed by atoms with Crippen LogP contribution in [-0.4, -0.2) is 58.4 Å². The minimum atomic E-state index is -3.99. The fourth-order valence-corrected chi connectivity index (χ4v) is 4.39. The molecule has 0 radical (unpaired) electrons. The first-order chi connectivity index (χ1) is 12.4. The van der Waals surface area contributed by atoms with Crippen molar-refractivity contribution in [1.29, 1.82) is 0 Å². The molecule has 2 aromatic rings. The maximum atomic E-state index is 12.8. The van der Waals surface area contributed by atoms with Gasteiger partial charge < -0.3 is 9.64 Å². The highest BCUT2D eigenvalue weighted by Crippen LogP contribution is 2.43. The van der Waals surface area contributed by atoms with Crippen LogP contribution in [0.5, 0.6) is 0 Å². The topological polar surface area (TPSA) is 122 Å². The van der Waals surface area contributed by atoms with Crippen LogP contribution in [0.4, 0.5) is 4.79 Å². The van der Waals surface area contributed by atoms with Gasteiger partial charge in [-0.1, -0.05) is 18.2 Å². The summed E-state index contributed by atoms with van der Waals surface area (Å²) >= 11 is 0. The molecule has 0 saturated carbocycles. The molecule has 2 aliphatic rings. The van der Waals surface area contributed by atoms with Gasteiger partial charge >= 0.3 is 12.0 Å². The van der Waals surface area contributed by atoms with Gasteiger partial charge in [-0.2, -0.15) is 22.7 Å². The lowest BCUT2D eigenvalue weighted by atomic mass is 9.98. The van der Waals surface area contributed by atoms with Crippen molar-refractivity contribution in [2.24, 2.45) is 0 Å². The minimum Gasteiger partial charge on any atom is -0.467 e. The number of carbonyl (C=O) groups is 2. The molecule has 2 bridgehead atoms. The van der Waals surface area contributed by atoms with Crippen molar-refractivity contribution in [3.05, 3.63) is 47.8 Å². The Bertz CT molecular complexity index is 1000. The molecule has 1 unspecified atom stereocenters. The maximum Gasteiger partial charge on any atom is 0.345 e. The predicted molar refractivity (Wildman–Crippen MR) is 84.5 cm³/mol. The summed E-state index contributed by atoms with van der Waals surface area (Å²) in [5.74, 6) is -0.768. The summed E-state index contributed by atoms with van der Waals surface area (Å²) in [7, 11) is -2.83. The van der Waals surface area contributed by atoms with E-state index in [0.717, 1.165) is 16.1 Å². The zero-order chi connectivity index (χ0) is 18.6. The highest BCUT2D eigenvalue weighted by atomic mass is 32.2. The second-order valence-electron chi connectivity index (χ2n) is 5.88. The van der Waals surface area contributed by atoms with Crippen LogP contribution in [0.2, 0.25) is 0 Å². The molecular weight excluding hydrogens is 364 g/mol. The van der Waals surface area contributed by atoms with Crippen molar-refractivity contribution in [2.75, 3.05) is 13.7 Å². The Balaban J connectivity index is 1.87. The highest BCUT2D eigenvalue weighted by Gasteiger charge is 2.52. The fraction of sp³-hybridized carbons (Fsp3) is 0.267. The average Bonchev–Trinajstić information content (AvgIpc) is 3.20. The number of hydrogen-bond donors (Lipinski definition) is 1. The fourth-order valence-electron chi connectivity index (χ4n) is 3.22. The molecule has 2 amide bonds. The Morgan fingerprint density at radius 3 is 2.65 bits per heavy atom. The van der Waals surface area contributed by atoms with Gasteiger partial charge in [0.25, 0.3) is 10.0 Å². The number of benzene rings is 1. The van der Waals surface area contributed by atoms with Gasteiger partial charge in [0.1, 0.15) is 11.7 Å². The first-order valence-corrected chi connectivity index (χ1v) is 9.07. The maximum absolute atomic E-state index is 12.8. The van der Waals surface area contributed by atoms with E-state index in [1.165, 1.54) is 18.3 Å². The zero-order valence-corrected chi connectivity index (χ0v) is 14.3. The van der Waals surface area contributed by atoms with E-state index in [-0.39, 0.29) is 22.7 Å². The molecule has 26 heavy (non-hydrogen) atoms. The van der Waals surface area contributed by atoms with E-state index >= 15 is 0 Å². The van der Waals surface area contributed by atoms with Gasteiger partial charge in [0.2, 0.25) is 0 Å². The van der Waals surface area contributed by atoms with Gasteiger partial charge in [-0.25, -0.2) is 9.59 Å². The van der Waals surface area contributed by atoms with Crippen molar-refractivity contribution in [3.8, 4) is 0 Å². The van der Waals surface area contributed by atoms with Crippen LogP contribution < -0.4 is 0 Å². The van der Waals surface area contributed by atoms with Crippen molar-refractivity contribution >= 4 is 22.0 Å². The Hall–Kier alpha value is -2.92. The van der Waals surface area contributed by atoms with Crippen molar-refractivity contribution in [3.63, 3.8) is 0 Å². The smallest absolute Gasteiger partial charge is 0.345 e. The molecule has 0 spiro atoms. The lowest BCUT2D eigenvalue weighted by Gasteiger charge is -2.27. The number of fused-ring (bicyclic) bond motifs is 4. The molecule has 2 atom stereocenters. The summed E-state index contributed by atoms with van der Waals surface area (Å²) in [6, 6.07) is 4.89. The Labute approximate surface area is 148 Å². The molecule has 3 heterocycles. The first kappa shape index (κ1) is 16.5. The molecule has 1 fully saturated rings. The number of amides is 2.